The van der Waals surface area contributed by atoms with Gasteiger partial charge in [-0.05, 0) is 31.6 Å². The molecule has 0 aromatic rings. The van der Waals surface area contributed by atoms with Gasteiger partial charge in [-0.3, -0.25) is 4.90 Å². The van der Waals surface area contributed by atoms with Crippen LogP contribution in [0.4, 0.5) is 0 Å². The van der Waals surface area contributed by atoms with E-state index in [0.29, 0.717) is 0 Å². The highest BCUT2D eigenvalue weighted by Crippen LogP contribution is 2.29. The van der Waals surface area contributed by atoms with Crippen LogP contribution < -0.4 is 0 Å². The number of rotatable bonds is 5. The highest BCUT2D eigenvalue weighted by molar-refractivity contribution is 6.18. The van der Waals surface area contributed by atoms with Gasteiger partial charge in [-0.25, -0.2) is 0 Å². The first kappa shape index (κ1) is 10.7. The molecule has 0 atom stereocenters. The van der Waals surface area contributed by atoms with E-state index in [1.165, 1.54) is 32.2 Å². The molecule has 1 heterocycles. The highest BCUT2D eigenvalue weighted by Gasteiger charge is 2.30. The molecule has 0 amide bonds. The molecule has 0 unspecified atom stereocenters. The summed E-state index contributed by atoms with van der Waals surface area (Å²) in [5.41, 5.74) is 0. The molecule has 2 fully saturated rings. The monoisotopic (exact) mass is 217 g/mol. The first-order chi connectivity index (χ1) is 6.90. The van der Waals surface area contributed by atoms with Crippen molar-refractivity contribution >= 4 is 11.6 Å². The minimum atomic E-state index is 0.778. The number of alkyl halides is 1. The Kier molecular flexibility index (Phi) is 4.09. The van der Waals surface area contributed by atoms with Crippen molar-refractivity contribution in [1.82, 2.24) is 4.90 Å². The van der Waals surface area contributed by atoms with Crippen molar-refractivity contribution in [1.29, 1.82) is 0 Å². The maximum Gasteiger partial charge on any atom is 0.0469 e. The molecule has 2 nitrogen and oxygen atoms in total. The molecule has 1 aliphatic heterocycles. The summed E-state index contributed by atoms with van der Waals surface area (Å²) in [5.74, 6) is 1.63. The Morgan fingerprint density at radius 3 is 2.43 bits per heavy atom. The van der Waals surface area contributed by atoms with Gasteiger partial charge in [0.2, 0.25) is 0 Å². The van der Waals surface area contributed by atoms with Gasteiger partial charge in [0.25, 0.3) is 0 Å². The van der Waals surface area contributed by atoms with E-state index in [0.717, 1.165) is 37.6 Å². The van der Waals surface area contributed by atoms with E-state index in [-0.39, 0.29) is 0 Å². The van der Waals surface area contributed by atoms with Crippen LogP contribution in [0.15, 0.2) is 0 Å². The number of halogens is 1. The highest BCUT2D eigenvalue weighted by atomic mass is 35.5. The van der Waals surface area contributed by atoms with Gasteiger partial charge in [0.05, 0.1) is 0 Å². The van der Waals surface area contributed by atoms with Crippen LogP contribution in [-0.4, -0.2) is 43.1 Å². The SMILES string of the molecule is ClCCN(CC1CCOCC1)C1CC1. The lowest BCUT2D eigenvalue weighted by Crippen LogP contribution is -2.35. The maximum atomic E-state index is 5.82. The molecular formula is C11H20ClNO. The molecule has 0 radical (unpaired) electrons. The zero-order valence-corrected chi connectivity index (χ0v) is 9.51. The summed E-state index contributed by atoms with van der Waals surface area (Å²) in [6, 6.07) is 0.858. The van der Waals surface area contributed by atoms with Crippen LogP contribution in [0.25, 0.3) is 0 Å². The standard InChI is InChI=1S/C11H20ClNO/c12-5-6-13(11-1-2-11)9-10-3-7-14-8-4-10/h10-11H,1-9H2. The Bertz CT molecular complexity index is 167. The second-order valence-corrected chi connectivity index (χ2v) is 4.85. The van der Waals surface area contributed by atoms with E-state index in [4.69, 9.17) is 16.3 Å². The van der Waals surface area contributed by atoms with Crippen LogP contribution >= 0.6 is 11.6 Å². The lowest BCUT2D eigenvalue weighted by Gasteiger charge is -2.29. The third kappa shape index (κ3) is 3.11. The normalized spacial score (nSPS) is 24.4. The first-order valence-electron chi connectivity index (χ1n) is 5.78. The number of ether oxygens (including phenoxy) is 1. The fourth-order valence-corrected chi connectivity index (χ4v) is 2.45. The Morgan fingerprint density at radius 2 is 1.86 bits per heavy atom. The van der Waals surface area contributed by atoms with Crippen LogP contribution in [0.1, 0.15) is 25.7 Å². The molecule has 14 heavy (non-hydrogen) atoms. The second kappa shape index (κ2) is 5.34. The van der Waals surface area contributed by atoms with Gasteiger partial charge in [-0.1, -0.05) is 0 Å². The molecule has 82 valence electrons. The van der Waals surface area contributed by atoms with Crippen molar-refractivity contribution in [2.75, 3.05) is 32.2 Å². The van der Waals surface area contributed by atoms with Crippen LogP contribution in [0.5, 0.6) is 0 Å². The third-order valence-electron chi connectivity index (χ3n) is 3.27. The number of hydrogen-bond acceptors (Lipinski definition) is 2. The Balaban J connectivity index is 1.73. The summed E-state index contributed by atoms with van der Waals surface area (Å²) < 4.78 is 5.37. The average Bonchev–Trinajstić information content (AvgIpc) is 3.02. The van der Waals surface area contributed by atoms with Gasteiger partial charge >= 0.3 is 0 Å². The van der Waals surface area contributed by atoms with Crippen molar-refractivity contribution < 1.29 is 4.74 Å². The lowest BCUT2D eigenvalue weighted by atomic mass is 10.00. The van der Waals surface area contributed by atoms with Gasteiger partial charge in [-0.2, -0.15) is 0 Å². The molecular weight excluding hydrogens is 198 g/mol. The van der Waals surface area contributed by atoms with Crippen molar-refractivity contribution in [2.45, 2.75) is 31.7 Å². The molecule has 0 bridgehead atoms. The summed E-state index contributed by atoms with van der Waals surface area (Å²) >= 11 is 5.82. The Morgan fingerprint density at radius 1 is 1.14 bits per heavy atom. The second-order valence-electron chi connectivity index (χ2n) is 4.47. The van der Waals surface area contributed by atoms with Crippen LogP contribution in [-0.2, 0) is 4.74 Å². The predicted molar refractivity (Wildman–Crippen MR) is 58.9 cm³/mol. The summed E-state index contributed by atoms with van der Waals surface area (Å²) in [5, 5.41) is 0. The first-order valence-corrected chi connectivity index (χ1v) is 6.31. The van der Waals surface area contributed by atoms with Crippen LogP contribution in [0.3, 0.4) is 0 Å². The molecule has 2 rings (SSSR count). The van der Waals surface area contributed by atoms with Crippen molar-refractivity contribution in [3.05, 3.63) is 0 Å². The topological polar surface area (TPSA) is 12.5 Å². The molecule has 2 aliphatic rings. The maximum absolute atomic E-state index is 5.82. The van der Waals surface area contributed by atoms with Crippen molar-refractivity contribution in [3.63, 3.8) is 0 Å². The van der Waals surface area contributed by atoms with E-state index in [2.05, 4.69) is 4.90 Å². The largest absolute Gasteiger partial charge is 0.381 e. The minimum absolute atomic E-state index is 0.778. The average molecular weight is 218 g/mol. The smallest absolute Gasteiger partial charge is 0.0469 e. The zero-order chi connectivity index (χ0) is 9.80. The van der Waals surface area contributed by atoms with E-state index in [9.17, 15) is 0 Å². The molecule has 0 aromatic heterocycles. The van der Waals surface area contributed by atoms with Gasteiger partial charge in [0.1, 0.15) is 0 Å². The van der Waals surface area contributed by atoms with Gasteiger partial charge in [0.15, 0.2) is 0 Å². The molecule has 1 aliphatic carbocycles. The molecule has 0 aromatic carbocycles. The number of nitrogens with zero attached hydrogens (tertiary/aromatic N) is 1. The van der Waals surface area contributed by atoms with Crippen molar-refractivity contribution in [3.8, 4) is 0 Å². The minimum Gasteiger partial charge on any atom is -0.381 e. The molecule has 0 N–H and O–H groups in total. The zero-order valence-electron chi connectivity index (χ0n) is 8.75. The van der Waals surface area contributed by atoms with Crippen LogP contribution in [0, 0.1) is 5.92 Å². The van der Waals surface area contributed by atoms with Gasteiger partial charge in [0, 0.05) is 38.2 Å². The summed E-state index contributed by atoms with van der Waals surface area (Å²) in [6.45, 7) is 4.25. The Labute approximate surface area is 91.6 Å². The fraction of sp³-hybridized carbons (Fsp3) is 1.00. The third-order valence-corrected chi connectivity index (χ3v) is 3.44. The fourth-order valence-electron chi connectivity index (χ4n) is 2.23. The van der Waals surface area contributed by atoms with Gasteiger partial charge in [-0.15, -0.1) is 11.6 Å². The van der Waals surface area contributed by atoms with Crippen molar-refractivity contribution in [2.24, 2.45) is 5.92 Å². The van der Waals surface area contributed by atoms with E-state index >= 15 is 0 Å². The van der Waals surface area contributed by atoms with E-state index in [1.807, 2.05) is 0 Å². The van der Waals surface area contributed by atoms with Crippen LogP contribution in [0.2, 0.25) is 0 Å². The van der Waals surface area contributed by atoms with Gasteiger partial charge < -0.3 is 4.74 Å². The molecule has 3 heteroatoms. The molecule has 1 saturated heterocycles. The van der Waals surface area contributed by atoms with E-state index in [1.54, 1.807) is 0 Å². The van der Waals surface area contributed by atoms with E-state index < -0.39 is 0 Å². The lowest BCUT2D eigenvalue weighted by molar-refractivity contribution is 0.0522. The summed E-state index contributed by atoms with van der Waals surface area (Å²) in [7, 11) is 0. The number of hydrogen-bond donors (Lipinski definition) is 0. The Hall–Kier alpha value is 0.210. The summed E-state index contributed by atoms with van der Waals surface area (Å²) in [6.07, 6.45) is 5.26. The molecule has 1 saturated carbocycles. The summed E-state index contributed by atoms with van der Waals surface area (Å²) in [4.78, 5) is 2.59. The predicted octanol–water partition coefficient (Wildman–Crippen LogP) is 2.12. The molecule has 0 spiro atoms. The quantitative estimate of drug-likeness (QED) is 0.655.